The lowest BCUT2D eigenvalue weighted by Crippen LogP contribution is -2.36. The normalized spacial score (nSPS) is 15.6. The SMILES string of the molecule is Nc1nc(N2CCn3c(nnc3C(F)(F)F)C2)n[nH]1. The standard InChI is InChI=1S/C8H9F3N8/c9-8(10,11)5-15-14-4-3-18(1-2-19(4)5)7-13-6(12)16-17-7/h1-3H2,(H3,12,13,16,17). The van der Waals surface area contributed by atoms with Gasteiger partial charge in [-0.25, -0.2) is 5.10 Å². The van der Waals surface area contributed by atoms with Gasteiger partial charge in [-0.05, 0) is 0 Å². The van der Waals surface area contributed by atoms with Crippen molar-refractivity contribution >= 4 is 11.9 Å². The van der Waals surface area contributed by atoms with E-state index in [1.807, 2.05) is 0 Å². The van der Waals surface area contributed by atoms with Crippen molar-refractivity contribution in [3.05, 3.63) is 11.6 Å². The Morgan fingerprint density at radius 3 is 2.63 bits per heavy atom. The Morgan fingerprint density at radius 1 is 1.21 bits per heavy atom. The highest BCUT2D eigenvalue weighted by Gasteiger charge is 2.39. The van der Waals surface area contributed by atoms with Gasteiger partial charge in [0.05, 0.1) is 6.54 Å². The summed E-state index contributed by atoms with van der Waals surface area (Å²) in [5, 5.41) is 13.1. The second-order valence-corrected chi connectivity index (χ2v) is 4.03. The van der Waals surface area contributed by atoms with Crippen LogP contribution >= 0.6 is 0 Å². The van der Waals surface area contributed by atoms with E-state index in [2.05, 4.69) is 25.4 Å². The third kappa shape index (κ3) is 1.96. The first-order valence-electron chi connectivity index (χ1n) is 5.37. The third-order valence-corrected chi connectivity index (χ3v) is 2.78. The molecule has 0 radical (unpaired) electrons. The Labute approximate surface area is 104 Å². The van der Waals surface area contributed by atoms with E-state index < -0.39 is 12.0 Å². The fourth-order valence-electron chi connectivity index (χ4n) is 1.94. The number of nitrogens with two attached hydrogens (primary N) is 1. The van der Waals surface area contributed by atoms with Crippen LogP contribution < -0.4 is 10.6 Å². The minimum absolute atomic E-state index is 0.117. The van der Waals surface area contributed by atoms with E-state index in [4.69, 9.17) is 5.73 Å². The number of alkyl halides is 3. The quantitative estimate of drug-likeness (QED) is 0.760. The maximum atomic E-state index is 12.6. The number of nitrogens with one attached hydrogen (secondary N) is 1. The molecule has 0 spiro atoms. The molecular formula is C8H9F3N8. The summed E-state index contributed by atoms with van der Waals surface area (Å²) in [4.78, 5) is 5.60. The summed E-state index contributed by atoms with van der Waals surface area (Å²) in [6.07, 6.45) is -4.50. The fourth-order valence-corrected chi connectivity index (χ4v) is 1.94. The Bertz CT molecular complexity index is 599. The van der Waals surface area contributed by atoms with Crippen molar-refractivity contribution in [2.75, 3.05) is 17.2 Å². The predicted octanol–water partition coefficient (Wildman–Crippen LogP) is 0.0174. The van der Waals surface area contributed by atoms with Crippen LogP contribution in [-0.2, 0) is 19.3 Å². The molecule has 0 saturated heterocycles. The van der Waals surface area contributed by atoms with E-state index in [0.29, 0.717) is 12.5 Å². The second kappa shape index (κ2) is 3.83. The van der Waals surface area contributed by atoms with Gasteiger partial charge in [-0.2, -0.15) is 18.2 Å². The van der Waals surface area contributed by atoms with Crippen LogP contribution in [0.1, 0.15) is 11.6 Å². The van der Waals surface area contributed by atoms with E-state index in [9.17, 15) is 13.2 Å². The van der Waals surface area contributed by atoms with Crippen molar-refractivity contribution in [3.8, 4) is 0 Å². The average Bonchev–Trinajstić information content (AvgIpc) is 2.92. The van der Waals surface area contributed by atoms with Gasteiger partial charge in [0.1, 0.15) is 0 Å². The number of hydrogen-bond acceptors (Lipinski definition) is 6. The smallest absolute Gasteiger partial charge is 0.368 e. The summed E-state index contributed by atoms with van der Waals surface area (Å²) in [7, 11) is 0. The van der Waals surface area contributed by atoms with E-state index in [0.717, 1.165) is 4.57 Å². The second-order valence-electron chi connectivity index (χ2n) is 4.03. The lowest BCUT2D eigenvalue weighted by molar-refractivity contribution is -0.147. The van der Waals surface area contributed by atoms with Gasteiger partial charge in [0.25, 0.3) is 0 Å². The largest absolute Gasteiger partial charge is 0.451 e. The van der Waals surface area contributed by atoms with Gasteiger partial charge in [-0.1, -0.05) is 0 Å². The van der Waals surface area contributed by atoms with Crippen molar-refractivity contribution < 1.29 is 13.2 Å². The first-order chi connectivity index (χ1) is 8.95. The van der Waals surface area contributed by atoms with Gasteiger partial charge >= 0.3 is 6.18 Å². The van der Waals surface area contributed by atoms with Crippen LogP contribution in [0.3, 0.4) is 0 Å². The molecule has 0 aromatic carbocycles. The zero-order chi connectivity index (χ0) is 13.6. The first kappa shape index (κ1) is 11.7. The van der Waals surface area contributed by atoms with Crippen LogP contribution in [0.5, 0.6) is 0 Å². The van der Waals surface area contributed by atoms with Gasteiger partial charge in [0.2, 0.25) is 17.7 Å². The van der Waals surface area contributed by atoms with Crippen LogP contribution in [0.4, 0.5) is 25.1 Å². The number of nitrogen functional groups attached to an aromatic ring is 1. The van der Waals surface area contributed by atoms with E-state index in [1.54, 1.807) is 4.90 Å². The molecule has 0 aliphatic carbocycles. The lowest BCUT2D eigenvalue weighted by atomic mass is 10.3. The van der Waals surface area contributed by atoms with Gasteiger partial charge in [0.15, 0.2) is 5.82 Å². The topological polar surface area (TPSA) is 102 Å². The number of halogens is 3. The van der Waals surface area contributed by atoms with Crippen molar-refractivity contribution in [1.29, 1.82) is 0 Å². The van der Waals surface area contributed by atoms with Crippen LogP contribution in [0.15, 0.2) is 0 Å². The lowest BCUT2D eigenvalue weighted by Gasteiger charge is -2.26. The van der Waals surface area contributed by atoms with Crippen LogP contribution in [0.25, 0.3) is 0 Å². The zero-order valence-electron chi connectivity index (χ0n) is 9.52. The van der Waals surface area contributed by atoms with E-state index in [-0.39, 0.29) is 24.9 Å². The molecular weight excluding hydrogens is 265 g/mol. The highest BCUT2D eigenvalue weighted by Crippen LogP contribution is 2.29. The van der Waals surface area contributed by atoms with Gasteiger partial charge in [-0.15, -0.1) is 15.3 Å². The minimum atomic E-state index is -4.50. The number of nitrogens with zero attached hydrogens (tertiary/aromatic N) is 6. The molecule has 2 aromatic rings. The summed E-state index contributed by atoms with van der Waals surface area (Å²) in [5.74, 6) is -0.267. The fraction of sp³-hybridized carbons (Fsp3) is 0.500. The number of aromatic amines is 1. The highest BCUT2D eigenvalue weighted by molar-refractivity contribution is 5.35. The van der Waals surface area contributed by atoms with Crippen molar-refractivity contribution in [3.63, 3.8) is 0 Å². The Morgan fingerprint density at radius 2 is 2.00 bits per heavy atom. The number of hydrogen-bond donors (Lipinski definition) is 2. The van der Waals surface area contributed by atoms with Gasteiger partial charge < -0.3 is 15.2 Å². The maximum absolute atomic E-state index is 12.6. The maximum Gasteiger partial charge on any atom is 0.451 e. The molecule has 0 fully saturated rings. The van der Waals surface area contributed by atoms with Crippen LogP contribution in [0.2, 0.25) is 0 Å². The van der Waals surface area contributed by atoms with Crippen molar-refractivity contribution in [2.45, 2.75) is 19.3 Å². The van der Waals surface area contributed by atoms with Crippen LogP contribution in [-0.4, -0.2) is 36.5 Å². The number of H-pyrrole nitrogens is 1. The van der Waals surface area contributed by atoms with E-state index in [1.165, 1.54) is 0 Å². The summed E-state index contributed by atoms with van der Waals surface area (Å²) in [5.41, 5.74) is 5.40. The molecule has 1 aliphatic heterocycles. The summed E-state index contributed by atoms with van der Waals surface area (Å²) >= 11 is 0. The molecule has 0 unspecified atom stereocenters. The summed E-state index contributed by atoms with van der Waals surface area (Å²) in [6, 6.07) is 0. The summed E-state index contributed by atoms with van der Waals surface area (Å²) < 4.78 is 39.0. The molecule has 3 N–H and O–H groups in total. The first-order valence-corrected chi connectivity index (χ1v) is 5.37. The van der Waals surface area contributed by atoms with Crippen molar-refractivity contribution in [2.24, 2.45) is 0 Å². The van der Waals surface area contributed by atoms with Gasteiger partial charge in [-0.3, -0.25) is 0 Å². The predicted molar refractivity (Wildman–Crippen MR) is 56.9 cm³/mol. The number of aromatic nitrogens is 6. The molecule has 0 bridgehead atoms. The Balaban J connectivity index is 1.88. The molecule has 0 amide bonds. The Kier molecular flexibility index (Phi) is 2.37. The summed E-state index contributed by atoms with van der Waals surface area (Å²) in [6.45, 7) is 0.595. The number of rotatable bonds is 1. The monoisotopic (exact) mass is 274 g/mol. The average molecular weight is 274 g/mol. The molecule has 102 valence electrons. The highest BCUT2D eigenvalue weighted by atomic mass is 19.4. The van der Waals surface area contributed by atoms with E-state index >= 15 is 0 Å². The zero-order valence-corrected chi connectivity index (χ0v) is 9.52. The molecule has 8 nitrogen and oxygen atoms in total. The molecule has 2 aromatic heterocycles. The molecule has 1 aliphatic rings. The molecule has 3 rings (SSSR count). The molecule has 0 saturated carbocycles. The van der Waals surface area contributed by atoms with Crippen molar-refractivity contribution in [1.82, 2.24) is 29.9 Å². The van der Waals surface area contributed by atoms with Gasteiger partial charge in [0, 0.05) is 13.1 Å². The minimum Gasteiger partial charge on any atom is -0.368 e. The molecule has 0 atom stereocenters. The third-order valence-electron chi connectivity index (χ3n) is 2.78. The molecule has 19 heavy (non-hydrogen) atoms. The van der Waals surface area contributed by atoms with Crippen LogP contribution in [0, 0.1) is 0 Å². The number of anilines is 2. The Hall–Kier alpha value is -2.33. The number of fused-ring (bicyclic) bond motifs is 1. The molecule has 11 heteroatoms. The molecule has 3 heterocycles.